The van der Waals surface area contributed by atoms with Crippen LogP contribution in [0.1, 0.15) is 26.7 Å². The molecule has 5 nitrogen and oxygen atoms in total. The summed E-state index contributed by atoms with van der Waals surface area (Å²) >= 11 is 0. The smallest absolute Gasteiger partial charge is 0.282 e. The fourth-order valence-electron chi connectivity index (χ4n) is 1.72. The van der Waals surface area contributed by atoms with Gasteiger partial charge in [-0.05, 0) is 6.42 Å². The maximum Gasteiger partial charge on any atom is 0.282 e. The summed E-state index contributed by atoms with van der Waals surface area (Å²) in [6.45, 7) is 5.00. The van der Waals surface area contributed by atoms with Crippen molar-refractivity contribution < 1.29 is 13.2 Å². The van der Waals surface area contributed by atoms with E-state index in [1.807, 2.05) is 0 Å². The molecule has 1 aliphatic heterocycles. The lowest BCUT2D eigenvalue weighted by molar-refractivity contribution is -0.120. The van der Waals surface area contributed by atoms with Crippen molar-refractivity contribution in [1.29, 1.82) is 0 Å². The Morgan fingerprint density at radius 1 is 1.33 bits per heavy atom. The first kappa shape index (κ1) is 12.6. The van der Waals surface area contributed by atoms with Gasteiger partial charge in [-0.25, -0.2) is 0 Å². The Bertz CT molecular complexity index is 322. The highest BCUT2D eigenvalue weighted by Crippen LogP contribution is 2.14. The number of carbonyl (C=O) groups is 1. The Morgan fingerprint density at radius 2 is 1.93 bits per heavy atom. The van der Waals surface area contributed by atoms with Gasteiger partial charge in [0.25, 0.3) is 10.2 Å². The molecule has 0 aromatic carbocycles. The average Bonchev–Trinajstić information content (AvgIpc) is 2.19. The fourth-order valence-corrected chi connectivity index (χ4v) is 3.36. The van der Waals surface area contributed by atoms with E-state index in [9.17, 15) is 13.2 Å². The van der Waals surface area contributed by atoms with Crippen molar-refractivity contribution in [3.8, 4) is 0 Å². The normalized spacial score (nSPS) is 19.8. The molecule has 0 bridgehead atoms. The predicted molar refractivity (Wildman–Crippen MR) is 57.7 cm³/mol. The van der Waals surface area contributed by atoms with Gasteiger partial charge in [0, 0.05) is 26.1 Å². The van der Waals surface area contributed by atoms with Gasteiger partial charge < -0.3 is 0 Å². The molecule has 1 rings (SSSR count). The van der Waals surface area contributed by atoms with Gasteiger partial charge >= 0.3 is 0 Å². The number of ketones is 1. The minimum Gasteiger partial charge on any atom is -0.298 e. The number of piperidine rings is 1. The molecule has 1 saturated heterocycles. The largest absolute Gasteiger partial charge is 0.298 e. The van der Waals surface area contributed by atoms with E-state index in [4.69, 9.17) is 0 Å². The Kier molecular flexibility index (Phi) is 4.24. The summed E-state index contributed by atoms with van der Waals surface area (Å²) in [6, 6.07) is 0. The summed E-state index contributed by atoms with van der Waals surface area (Å²) in [5.41, 5.74) is 0. The molecule has 1 fully saturated rings. The van der Waals surface area contributed by atoms with Gasteiger partial charge in [0.05, 0.1) is 6.54 Å². The van der Waals surface area contributed by atoms with Crippen molar-refractivity contribution in [2.75, 3.05) is 26.2 Å². The van der Waals surface area contributed by atoms with Crippen LogP contribution in [0.3, 0.4) is 0 Å². The van der Waals surface area contributed by atoms with Crippen LogP contribution < -0.4 is 0 Å². The van der Waals surface area contributed by atoms with Crippen LogP contribution in [0.2, 0.25) is 0 Å². The monoisotopic (exact) mass is 234 g/mol. The zero-order valence-corrected chi connectivity index (χ0v) is 10.1. The molecule has 0 atom stereocenters. The van der Waals surface area contributed by atoms with Crippen LogP contribution in [-0.2, 0) is 15.0 Å². The quantitative estimate of drug-likeness (QED) is 0.700. The third-order valence-corrected chi connectivity index (χ3v) is 4.71. The summed E-state index contributed by atoms with van der Waals surface area (Å²) in [4.78, 5) is 11.2. The highest BCUT2D eigenvalue weighted by molar-refractivity contribution is 7.86. The van der Waals surface area contributed by atoms with E-state index >= 15 is 0 Å². The van der Waals surface area contributed by atoms with Crippen molar-refractivity contribution >= 4 is 16.0 Å². The lowest BCUT2D eigenvalue weighted by atomic mass is 10.1. The molecule has 0 radical (unpaired) electrons. The summed E-state index contributed by atoms with van der Waals surface area (Å²) < 4.78 is 26.7. The SMILES string of the molecule is CCN(CC)S(=O)(=O)N1CCCC(=O)C1. The lowest BCUT2D eigenvalue weighted by Gasteiger charge is -2.30. The van der Waals surface area contributed by atoms with Crippen LogP contribution in [0.5, 0.6) is 0 Å². The number of carbonyl (C=O) groups excluding carboxylic acids is 1. The summed E-state index contributed by atoms with van der Waals surface area (Å²) in [5.74, 6) is 0.0111. The van der Waals surface area contributed by atoms with E-state index in [2.05, 4.69) is 0 Å². The highest BCUT2D eigenvalue weighted by atomic mass is 32.2. The van der Waals surface area contributed by atoms with Crippen molar-refractivity contribution in [2.24, 2.45) is 0 Å². The van der Waals surface area contributed by atoms with E-state index in [0.29, 0.717) is 32.5 Å². The second-order valence-electron chi connectivity index (χ2n) is 3.57. The second kappa shape index (κ2) is 5.05. The molecule has 0 aliphatic carbocycles. The van der Waals surface area contributed by atoms with Crippen LogP contribution >= 0.6 is 0 Å². The Hall–Kier alpha value is -0.460. The molecule has 0 aromatic rings. The summed E-state index contributed by atoms with van der Waals surface area (Å²) in [5, 5.41) is 0. The molecular weight excluding hydrogens is 216 g/mol. The molecule has 1 aliphatic rings. The van der Waals surface area contributed by atoms with Crippen LogP contribution in [-0.4, -0.2) is 49.0 Å². The zero-order valence-electron chi connectivity index (χ0n) is 9.27. The van der Waals surface area contributed by atoms with Crippen LogP contribution in [0.25, 0.3) is 0 Å². The number of Topliss-reactive ketones (excluding diaryl/α,β-unsaturated/α-hetero) is 1. The first-order valence-electron chi connectivity index (χ1n) is 5.29. The van der Waals surface area contributed by atoms with E-state index in [1.54, 1.807) is 13.8 Å². The third-order valence-electron chi connectivity index (χ3n) is 2.57. The minimum atomic E-state index is -3.41. The van der Waals surface area contributed by atoms with Gasteiger partial charge in [0.2, 0.25) is 0 Å². The predicted octanol–water partition coefficient (Wildman–Crippen LogP) is 0.238. The van der Waals surface area contributed by atoms with Crippen molar-refractivity contribution in [1.82, 2.24) is 8.61 Å². The number of nitrogens with zero attached hydrogens (tertiary/aromatic N) is 2. The Morgan fingerprint density at radius 3 is 2.40 bits per heavy atom. The van der Waals surface area contributed by atoms with Gasteiger partial charge in [-0.15, -0.1) is 0 Å². The van der Waals surface area contributed by atoms with Gasteiger partial charge in [0.1, 0.15) is 5.78 Å². The second-order valence-corrected chi connectivity index (χ2v) is 5.50. The summed E-state index contributed by atoms with van der Waals surface area (Å²) in [7, 11) is -3.41. The minimum absolute atomic E-state index is 0.0111. The van der Waals surface area contributed by atoms with E-state index in [0.717, 1.165) is 0 Å². The van der Waals surface area contributed by atoms with Gasteiger partial charge in [0.15, 0.2) is 0 Å². The maximum absolute atomic E-state index is 12.0. The lowest BCUT2D eigenvalue weighted by Crippen LogP contribution is -2.48. The Labute approximate surface area is 91.2 Å². The van der Waals surface area contributed by atoms with Gasteiger partial charge in [-0.2, -0.15) is 17.0 Å². The van der Waals surface area contributed by atoms with Gasteiger partial charge in [-0.3, -0.25) is 4.79 Å². The van der Waals surface area contributed by atoms with Gasteiger partial charge in [-0.1, -0.05) is 13.8 Å². The molecule has 1 heterocycles. The fraction of sp³-hybridized carbons (Fsp3) is 0.889. The average molecular weight is 234 g/mol. The molecule has 15 heavy (non-hydrogen) atoms. The highest BCUT2D eigenvalue weighted by Gasteiger charge is 2.31. The standard InChI is InChI=1S/C9H18N2O3S/c1-3-10(4-2)15(13,14)11-7-5-6-9(12)8-11/h3-8H2,1-2H3. The maximum atomic E-state index is 12.0. The summed E-state index contributed by atoms with van der Waals surface area (Å²) in [6.07, 6.45) is 1.14. The van der Waals surface area contributed by atoms with Crippen LogP contribution in [0.15, 0.2) is 0 Å². The molecular formula is C9H18N2O3S. The molecule has 6 heteroatoms. The van der Waals surface area contributed by atoms with Crippen LogP contribution in [0, 0.1) is 0 Å². The van der Waals surface area contributed by atoms with E-state index in [1.165, 1.54) is 8.61 Å². The first-order chi connectivity index (χ1) is 7.02. The van der Waals surface area contributed by atoms with Crippen molar-refractivity contribution in [2.45, 2.75) is 26.7 Å². The molecule has 0 spiro atoms. The number of hydrogen-bond acceptors (Lipinski definition) is 3. The van der Waals surface area contributed by atoms with E-state index < -0.39 is 10.2 Å². The van der Waals surface area contributed by atoms with Crippen molar-refractivity contribution in [3.63, 3.8) is 0 Å². The molecule has 0 unspecified atom stereocenters. The zero-order chi connectivity index (χ0) is 11.5. The third kappa shape index (κ3) is 2.76. The molecule has 0 amide bonds. The number of hydrogen-bond donors (Lipinski definition) is 0. The molecule has 88 valence electrons. The molecule has 0 aromatic heterocycles. The molecule has 0 saturated carbocycles. The first-order valence-corrected chi connectivity index (χ1v) is 6.69. The topological polar surface area (TPSA) is 57.7 Å². The Balaban J connectivity index is 2.80. The molecule has 0 N–H and O–H groups in total. The van der Waals surface area contributed by atoms with E-state index in [-0.39, 0.29) is 12.3 Å². The van der Waals surface area contributed by atoms with Crippen molar-refractivity contribution in [3.05, 3.63) is 0 Å². The number of rotatable bonds is 4. The van der Waals surface area contributed by atoms with Crippen LogP contribution in [0.4, 0.5) is 0 Å².